The maximum atomic E-state index is 13.0. The van der Waals surface area contributed by atoms with Crippen LogP contribution in [0.25, 0.3) is 0 Å². The maximum Gasteiger partial charge on any atom is 0.247 e. The fourth-order valence-corrected chi connectivity index (χ4v) is 3.91. The van der Waals surface area contributed by atoms with Gasteiger partial charge in [0.1, 0.15) is 17.1 Å². The van der Waals surface area contributed by atoms with Gasteiger partial charge in [-0.2, -0.15) is 5.26 Å². The first-order valence-corrected chi connectivity index (χ1v) is 10.1. The molecule has 3 heterocycles. The number of hydrogen-bond acceptors (Lipinski definition) is 6. The lowest BCUT2D eigenvalue weighted by atomic mass is 9.83. The molecule has 2 fully saturated rings. The van der Waals surface area contributed by atoms with Gasteiger partial charge >= 0.3 is 0 Å². The second-order valence-electron chi connectivity index (χ2n) is 7.98. The van der Waals surface area contributed by atoms with Gasteiger partial charge in [0.25, 0.3) is 0 Å². The van der Waals surface area contributed by atoms with E-state index in [1.807, 2.05) is 18.2 Å². The van der Waals surface area contributed by atoms with Crippen LogP contribution in [0.2, 0.25) is 0 Å². The summed E-state index contributed by atoms with van der Waals surface area (Å²) < 4.78 is 0. The van der Waals surface area contributed by atoms with Gasteiger partial charge in [0.2, 0.25) is 11.8 Å². The number of nitriles is 1. The zero-order valence-corrected chi connectivity index (χ0v) is 17.1. The van der Waals surface area contributed by atoms with Gasteiger partial charge in [0.05, 0.1) is 18.3 Å². The molecular formula is C22H24N6O2. The summed E-state index contributed by atoms with van der Waals surface area (Å²) in [6, 6.07) is 11.4. The third kappa shape index (κ3) is 3.71. The second kappa shape index (κ2) is 7.75. The Hall–Kier alpha value is -3.47. The predicted octanol–water partition coefficient (Wildman–Crippen LogP) is 2.86. The Bertz CT molecular complexity index is 1030. The van der Waals surface area contributed by atoms with Crippen LogP contribution in [-0.2, 0) is 16.1 Å². The highest BCUT2D eigenvalue weighted by molar-refractivity contribution is 6.02. The Morgan fingerprint density at radius 1 is 1.37 bits per heavy atom. The molecule has 1 saturated heterocycles. The number of hydrogen-bond donors (Lipinski definition) is 1. The first-order chi connectivity index (χ1) is 14.4. The molecule has 1 atom stereocenters. The molecule has 1 N–H and O–H groups in total. The minimum Gasteiger partial charge on any atom is -0.340 e. The Morgan fingerprint density at radius 3 is 2.87 bits per heavy atom. The Morgan fingerprint density at radius 2 is 2.17 bits per heavy atom. The molecule has 0 bridgehead atoms. The normalized spacial score (nSPS) is 20.7. The standard InChI is InChI=1S/C22H24N6O2/c1-15(29)27(2)13-17-4-3-5-19(25-17)26-20-12-18(8-10-24-20)28-11-9-22(14-23,21(28)30)16-6-7-16/h3-5,8,10,12,16H,6-7,9,11,13H2,1-2H3,(H,24,25,26)/t22-/m1/s1. The summed E-state index contributed by atoms with van der Waals surface area (Å²) in [6.45, 7) is 2.47. The highest BCUT2D eigenvalue weighted by atomic mass is 16.2. The van der Waals surface area contributed by atoms with Crippen molar-refractivity contribution in [1.29, 1.82) is 5.26 Å². The highest BCUT2D eigenvalue weighted by Gasteiger charge is 2.56. The molecule has 1 aliphatic carbocycles. The molecule has 0 radical (unpaired) electrons. The number of carbonyl (C=O) groups excluding carboxylic acids is 2. The van der Waals surface area contributed by atoms with Crippen LogP contribution in [0.4, 0.5) is 17.3 Å². The van der Waals surface area contributed by atoms with Crippen molar-refractivity contribution < 1.29 is 9.59 Å². The van der Waals surface area contributed by atoms with Gasteiger partial charge in [0, 0.05) is 38.5 Å². The van der Waals surface area contributed by atoms with Crippen LogP contribution in [0, 0.1) is 22.7 Å². The van der Waals surface area contributed by atoms with Crippen LogP contribution in [0.5, 0.6) is 0 Å². The summed E-state index contributed by atoms with van der Waals surface area (Å²) in [4.78, 5) is 36.6. The molecule has 8 heteroatoms. The van der Waals surface area contributed by atoms with E-state index < -0.39 is 5.41 Å². The van der Waals surface area contributed by atoms with Gasteiger partial charge < -0.3 is 15.1 Å². The molecule has 0 aromatic carbocycles. The average molecular weight is 404 g/mol. The molecule has 1 saturated carbocycles. The van der Waals surface area contributed by atoms with E-state index in [1.165, 1.54) is 6.92 Å². The smallest absolute Gasteiger partial charge is 0.247 e. The van der Waals surface area contributed by atoms with E-state index in [0.29, 0.717) is 31.1 Å². The summed E-state index contributed by atoms with van der Waals surface area (Å²) in [7, 11) is 1.73. The lowest BCUT2D eigenvalue weighted by Gasteiger charge is -2.21. The number of anilines is 3. The summed E-state index contributed by atoms with van der Waals surface area (Å²) in [5, 5.41) is 12.8. The van der Waals surface area contributed by atoms with Crippen molar-refractivity contribution in [3.63, 3.8) is 0 Å². The summed E-state index contributed by atoms with van der Waals surface area (Å²) >= 11 is 0. The fourth-order valence-electron chi connectivity index (χ4n) is 3.91. The van der Waals surface area contributed by atoms with Crippen molar-refractivity contribution in [2.45, 2.75) is 32.7 Å². The van der Waals surface area contributed by atoms with Crippen LogP contribution in [-0.4, -0.2) is 40.3 Å². The molecule has 1 aliphatic heterocycles. The summed E-state index contributed by atoms with van der Waals surface area (Å²) in [5.41, 5.74) is 0.615. The van der Waals surface area contributed by atoms with Gasteiger partial charge in [-0.3, -0.25) is 9.59 Å². The zero-order chi connectivity index (χ0) is 21.3. The molecule has 0 unspecified atom stereocenters. The Kier molecular flexibility index (Phi) is 5.12. The van der Waals surface area contributed by atoms with Crippen LogP contribution in [0.15, 0.2) is 36.5 Å². The molecule has 154 valence electrons. The fraction of sp³-hybridized carbons (Fsp3) is 0.409. The van der Waals surface area contributed by atoms with Gasteiger partial charge in [-0.15, -0.1) is 0 Å². The number of rotatable bonds is 6. The highest BCUT2D eigenvalue weighted by Crippen LogP contribution is 2.51. The van der Waals surface area contributed by atoms with E-state index in [9.17, 15) is 14.9 Å². The topological polar surface area (TPSA) is 102 Å². The molecule has 2 amide bonds. The van der Waals surface area contributed by atoms with E-state index >= 15 is 0 Å². The maximum absolute atomic E-state index is 13.0. The number of carbonyl (C=O) groups is 2. The second-order valence-corrected chi connectivity index (χ2v) is 7.98. The van der Waals surface area contributed by atoms with Crippen molar-refractivity contribution in [3.8, 4) is 6.07 Å². The lowest BCUT2D eigenvalue weighted by molar-refractivity contribution is -0.128. The number of nitrogens with one attached hydrogen (secondary N) is 1. The minimum atomic E-state index is -0.866. The minimum absolute atomic E-state index is 0.0283. The summed E-state index contributed by atoms with van der Waals surface area (Å²) in [5.74, 6) is 1.23. The van der Waals surface area contributed by atoms with Crippen LogP contribution in [0.3, 0.4) is 0 Å². The number of pyridine rings is 2. The largest absolute Gasteiger partial charge is 0.340 e. The van der Waals surface area contributed by atoms with Crippen molar-refractivity contribution in [2.24, 2.45) is 11.3 Å². The monoisotopic (exact) mass is 404 g/mol. The van der Waals surface area contributed by atoms with Crippen LogP contribution in [0.1, 0.15) is 31.9 Å². The van der Waals surface area contributed by atoms with E-state index in [2.05, 4.69) is 21.4 Å². The van der Waals surface area contributed by atoms with Gasteiger partial charge in [-0.05, 0) is 43.4 Å². The van der Waals surface area contributed by atoms with Crippen molar-refractivity contribution >= 4 is 29.1 Å². The molecule has 0 spiro atoms. The van der Waals surface area contributed by atoms with E-state index in [4.69, 9.17) is 0 Å². The molecule has 30 heavy (non-hydrogen) atoms. The number of aromatic nitrogens is 2. The third-order valence-electron chi connectivity index (χ3n) is 5.89. The van der Waals surface area contributed by atoms with Crippen molar-refractivity contribution in [3.05, 3.63) is 42.2 Å². The summed E-state index contributed by atoms with van der Waals surface area (Å²) in [6.07, 6.45) is 4.13. The first kappa shape index (κ1) is 19.8. The van der Waals surface area contributed by atoms with E-state index in [1.54, 1.807) is 35.2 Å². The molecular weight excluding hydrogens is 380 g/mol. The molecule has 2 aliphatic rings. The molecule has 2 aromatic rings. The molecule has 8 nitrogen and oxygen atoms in total. The lowest BCUT2D eigenvalue weighted by Crippen LogP contribution is -2.35. The first-order valence-electron chi connectivity index (χ1n) is 10.1. The molecule has 4 rings (SSSR count). The SMILES string of the molecule is CC(=O)N(C)Cc1cccc(Nc2cc(N3CC[C@@](C#N)(C4CC4)C3=O)ccn2)n1. The average Bonchev–Trinajstić information content (AvgIpc) is 3.52. The molecule has 2 aromatic heterocycles. The predicted molar refractivity (Wildman–Crippen MR) is 112 cm³/mol. The van der Waals surface area contributed by atoms with Gasteiger partial charge in [-0.25, -0.2) is 9.97 Å². The van der Waals surface area contributed by atoms with E-state index in [0.717, 1.165) is 24.2 Å². The van der Waals surface area contributed by atoms with Crippen LogP contribution >= 0.6 is 0 Å². The van der Waals surface area contributed by atoms with Crippen molar-refractivity contribution in [2.75, 3.05) is 23.8 Å². The van der Waals surface area contributed by atoms with Crippen molar-refractivity contribution in [1.82, 2.24) is 14.9 Å². The Labute approximate surface area is 175 Å². The zero-order valence-electron chi connectivity index (χ0n) is 17.1. The number of amides is 2. The third-order valence-corrected chi connectivity index (χ3v) is 5.89. The van der Waals surface area contributed by atoms with Gasteiger partial charge in [-0.1, -0.05) is 6.07 Å². The quantitative estimate of drug-likeness (QED) is 0.794. The van der Waals surface area contributed by atoms with Crippen LogP contribution < -0.4 is 10.2 Å². The van der Waals surface area contributed by atoms with E-state index in [-0.39, 0.29) is 17.7 Å². The Balaban J connectivity index is 1.50. The van der Waals surface area contributed by atoms with Gasteiger partial charge in [0.15, 0.2) is 0 Å². The number of nitrogens with zero attached hydrogens (tertiary/aromatic N) is 5.